The van der Waals surface area contributed by atoms with Gasteiger partial charge in [0.15, 0.2) is 0 Å². The van der Waals surface area contributed by atoms with Gasteiger partial charge in [-0.3, -0.25) is 4.79 Å². The SMILES string of the molecule is CCOc1cc(Cl)c(C(=O)c2scc(C)c2Cl)cc1Cl. The van der Waals surface area contributed by atoms with Crippen LogP contribution >= 0.6 is 46.1 Å². The summed E-state index contributed by atoms with van der Waals surface area (Å²) < 4.78 is 5.33. The Labute approximate surface area is 136 Å². The molecule has 2 aromatic rings. The van der Waals surface area contributed by atoms with Crippen LogP contribution in [0.1, 0.15) is 27.7 Å². The lowest BCUT2D eigenvalue weighted by molar-refractivity contribution is 0.104. The smallest absolute Gasteiger partial charge is 0.206 e. The summed E-state index contributed by atoms with van der Waals surface area (Å²) in [6.07, 6.45) is 0. The number of carbonyl (C=O) groups excluding carboxylic acids is 1. The van der Waals surface area contributed by atoms with Crippen molar-refractivity contribution >= 4 is 51.9 Å². The van der Waals surface area contributed by atoms with E-state index < -0.39 is 0 Å². The summed E-state index contributed by atoms with van der Waals surface area (Å²) in [5.74, 6) is 0.229. The second kappa shape index (κ2) is 6.35. The number of hydrogen-bond acceptors (Lipinski definition) is 3. The van der Waals surface area contributed by atoms with Gasteiger partial charge < -0.3 is 4.74 Å². The fourth-order valence-electron chi connectivity index (χ4n) is 1.67. The van der Waals surface area contributed by atoms with E-state index in [1.807, 2.05) is 19.2 Å². The highest BCUT2D eigenvalue weighted by atomic mass is 35.5. The highest BCUT2D eigenvalue weighted by Crippen LogP contribution is 2.35. The number of thiophene rings is 1. The first-order valence-electron chi connectivity index (χ1n) is 5.85. The molecule has 1 heterocycles. The van der Waals surface area contributed by atoms with Gasteiger partial charge in [-0.25, -0.2) is 0 Å². The quantitative estimate of drug-likeness (QED) is 0.667. The van der Waals surface area contributed by atoms with E-state index in [1.165, 1.54) is 17.4 Å². The van der Waals surface area contributed by atoms with Gasteiger partial charge in [-0.05, 0) is 30.9 Å². The molecule has 106 valence electrons. The van der Waals surface area contributed by atoms with Crippen molar-refractivity contribution in [2.45, 2.75) is 13.8 Å². The first-order chi connectivity index (χ1) is 9.45. The number of ketones is 1. The molecule has 2 rings (SSSR count). The van der Waals surface area contributed by atoms with Gasteiger partial charge in [-0.1, -0.05) is 34.8 Å². The van der Waals surface area contributed by atoms with Gasteiger partial charge in [0.1, 0.15) is 5.75 Å². The molecule has 0 saturated heterocycles. The molecule has 0 fully saturated rings. The summed E-state index contributed by atoms with van der Waals surface area (Å²) >= 11 is 19.6. The molecule has 0 spiro atoms. The molecule has 0 aliphatic rings. The fourth-order valence-corrected chi connectivity index (χ4v) is 3.36. The van der Waals surface area contributed by atoms with Gasteiger partial charge in [0.25, 0.3) is 0 Å². The molecule has 0 N–H and O–H groups in total. The van der Waals surface area contributed by atoms with Crippen molar-refractivity contribution < 1.29 is 9.53 Å². The second-order valence-electron chi connectivity index (χ2n) is 4.09. The Hall–Kier alpha value is -0.740. The van der Waals surface area contributed by atoms with Crippen molar-refractivity contribution in [3.63, 3.8) is 0 Å². The van der Waals surface area contributed by atoms with Crippen LogP contribution in [0, 0.1) is 6.92 Å². The molecule has 0 saturated carbocycles. The number of aryl methyl sites for hydroxylation is 1. The lowest BCUT2D eigenvalue weighted by atomic mass is 10.1. The zero-order chi connectivity index (χ0) is 14.9. The summed E-state index contributed by atoms with van der Waals surface area (Å²) in [5, 5.41) is 2.94. The molecule has 1 aromatic carbocycles. The van der Waals surface area contributed by atoms with Gasteiger partial charge >= 0.3 is 0 Å². The molecule has 2 nitrogen and oxygen atoms in total. The maximum absolute atomic E-state index is 12.5. The Kier molecular flexibility index (Phi) is 4.97. The minimum absolute atomic E-state index is 0.233. The summed E-state index contributed by atoms with van der Waals surface area (Å²) in [4.78, 5) is 12.9. The van der Waals surface area contributed by atoms with Gasteiger partial charge in [0, 0.05) is 11.6 Å². The monoisotopic (exact) mass is 348 g/mol. The Bertz CT molecular complexity index is 665. The van der Waals surface area contributed by atoms with Crippen LogP contribution in [0.4, 0.5) is 0 Å². The Balaban J connectivity index is 2.45. The summed E-state index contributed by atoms with van der Waals surface area (Å²) in [5.41, 5.74) is 1.19. The summed E-state index contributed by atoms with van der Waals surface area (Å²) in [7, 11) is 0. The van der Waals surface area contributed by atoms with Gasteiger partial charge in [0.2, 0.25) is 5.78 Å². The predicted molar refractivity (Wildman–Crippen MR) is 85.1 cm³/mol. The third-order valence-corrected chi connectivity index (χ3v) is 4.98. The number of rotatable bonds is 4. The van der Waals surface area contributed by atoms with Crippen LogP contribution in [0.15, 0.2) is 17.5 Å². The minimum atomic E-state index is -0.233. The number of carbonyl (C=O) groups is 1. The van der Waals surface area contributed by atoms with Crippen molar-refractivity contribution in [3.8, 4) is 5.75 Å². The summed E-state index contributed by atoms with van der Waals surface area (Å²) in [6, 6.07) is 3.07. The third kappa shape index (κ3) is 2.96. The number of halogens is 3. The van der Waals surface area contributed by atoms with E-state index in [0.717, 1.165) is 5.56 Å². The largest absolute Gasteiger partial charge is 0.492 e. The second-order valence-corrected chi connectivity index (χ2v) is 6.16. The Morgan fingerprint density at radius 1 is 1.25 bits per heavy atom. The normalized spacial score (nSPS) is 10.7. The van der Waals surface area contributed by atoms with E-state index in [9.17, 15) is 4.79 Å². The van der Waals surface area contributed by atoms with Crippen molar-refractivity contribution in [1.82, 2.24) is 0 Å². The minimum Gasteiger partial charge on any atom is -0.492 e. The number of hydrogen-bond donors (Lipinski definition) is 0. The molecule has 0 atom stereocenters. The molecule has 0 aliphatic carbocycles. The molecule has 0 amide bonds. The van der Waals surface area contributed by atoms with E-state index in [1.54, 1.807) is 6.07 Å². The zero-order valence-electron chi connectivity index (χ0n) is 10.8. The van der Waals surface area contributed by atoms with E-state index in [4.69, 9.17) is 39.5 Å². The van der Waals surface area contributed by atoms with E-state index in [2.05, 4.69) is 0 Å². The molecule has 0 unspecified atom stereocenters. The molecule has 0 radical (unpaired) electrons. The van der Waals surface area contributed by atoms with Crippen molar-refractivity contribution in [2.24, 2.45) is 0 Å². The van der Waals surface area contributed by atoms with Gasteiger partial charge in [0.05, 0.1) is 26.6 Å². The average molecular weight is 350 g/mol. The van der Waals surface area contributed by atoms with Crippen LogP contribution in [0.3, 0.4) is 0 Å². The first-order valence-corrected chi connectivity index (χ1v) is 7.87. The van der Waals surface area contributed by atoms with E-state index in [0.29, 0.717) is 37.9 Å². The number of benzene rings is 1. The molecular formula is C14H11Cl3O2S. The van der Waals surface area contributed by atoms with Crippen LogP contribution < -0.4 is 4.74 Å². The molecule has 0 bridgehead atoms. The maximum Gasteiger partial charge on any atom is 0.206 e. The molecule has 6 heteroatoms. The van der Waals surface area contributed by atoms with Crippen LogP contribution in [-0.2, 0) is 0 Å². The van der Waals surface area contributed by atoms with Crippen LogP contribution in [0.25, 0.3) is 0 Å². The van der Waals surface area contributed by atoms with Gasteiger partial charge in [-0.15, -0.1) is 11.3 Å². The number of ether oxygens (including phenoxy) is 1. The highest BCUT2D eigenvalue weighted by Gasteiger charge is 2.20. The van der Waals surface area contributed by atoms with Crippen molar-refractivity contribution in [3.05, 3.63) is 48.6 Å². The van der Waals surface area contributed by atoms with Crippen LogP contribution in [0.5, 0.6) is 5.75 Å². The third-order valence-electron chi connectivity index (χ3n) is 2.67. The lowest BCUT2D eigenvalue weighted by Gasteiger charge is -2.09. The fraction of sp³-hybridized carbons (Fsp3) is 0.214. The average Bonchev–Trinajstić information content (AvgIpc) is 2.73. The Morgan fingerprint density at radius 3 is 2.50 bits per heavy atom. The van der Waals surface area contributed by atoms with Crippen molar-refractivity contribution in [1.29, 1.82) is 0 Å². The zero-order valence-corrected chi connectivity index (χ0v) is 13.9. The Morgan fingerprint density at radius 2 is 1.95 bits per heavy atom. The van der Waals surface area contributed by atoms with Crippen LogP contribution in [-0.4, -0.2) is 12.4 Å². The van der Waals surface area contributed by atoms with E-state index in [-0.39, 0.29) is 5.78 Å². The molecule has 1 aromatic heterocycles. The van der Waals surface area contributed by atoms with E-state index >= 15 is 0 Å². The molecule has 0 aliphatic heterocycles. The molecular weight excluding hydrogens is 339 g/mol. The molecule has 20 heavy (non-hydrogen) atoms. The standard InChI is InChI=1S/C14H11Cl3O2S/c1-3-19-11-5-9(15)8(4-10(11)16)13(18)14-12(17)7(2)6-20-14/h4-6H,3H2,1-2H3. The lowest BCUT2D eigenvalue weighted by Crippen LogP contribution is -2.02. The van der Waals surface area contributed by atoms with Crippen molar-refractivity contribution in [2.75, 3.05) is 6.61 Å². The predicted octanol–water partition coefficient (Wildman–Crippen LogP) is 5.65. The van der Waals surface area contributed by atoms with Crippen LogP contribution in [0.2, 0.25) is 15.1 Å². The summed E-state index contributed by atoms with van der Waals surface area (Å²) in [6.45, 7) is 4.17. The maximum atomic E-state index is 12.5. The topological polar surface area (TPSA) is 26.3 Å². The highest BCUT2D eigenvalue weighted by molar-refractivity contribution is 7.13. The van der Waals surface area contributed by atoms with Gasteiger partial charge in [-0.2, -0.15) is 0 Å². The first kappa shape index (κ1) is 15.6.